The van der Waals surface area contributed by atoms with E-state index in [0.717, 1.165) is 10.7 Å². The van der Waals surface area contributed by atoms with Crippen LogP contribution in [0.4, 0.5) is 0 Å². The summed E-state index contributed by atoms with van der Waals surface area (Å²) in [5.41, 5.74) is 0.787. The zero-order valence-electron chi connectivity index (χ0n) is 9.59. The summed E-state index contributed by atoms with van der Waals surface area (Å²) in [5, 5.41) is 11.4. The van der Waals surface area contributed by atoms with Crippen LogP contribution in [0.2, 0.25) is 0 Å². The zero-order chi connectivity index (χ0) is 13.1. The monoisotopic (exact) mass is 319 g/mol. The molecule has 1 atom stereocenters. The number of rotatable bonds is 4. The molecule has 0 aliphatic carbocycles. The molecule has 0 aliphatic heterocycles. The first-order valence-electron chi connectivity index (χ1n) is 5.07. The maximum absolute atomic E-state index is 11.6. The van der Waals surface area contributed by atoms with Crippen molar-refractivity contribution in [3.63, 3.8) is 0 Å². The van der Waals surface area contributed by atoms with Crippen molar-refractivity contribution < 1.29 is 13.6 Å². The highest BCUT2D eigenvalue weighted by Gasteiger charge is 2.26. The summed E-state index contributed by atoms with van der Waals surface area (Å²) in [4.78, 5) is 0. The van der Waals surface area contributed by atoms with Gasteiger partial charge in [0.2, 0.25) is 0 Å². The molecule has 1 N–H and O–H groups in total. The first-order valence-corrected chi connectivity index (χ1v) is 7.81. The number of nitrogens with zero attached hydrogens (tertiary/aromatic N) is 1. The molecule has 0 heterocycles. The molecule has 0 spiro atoms. The van der Waals surface area contributed by atoms with Gasteiger partial charge in [0.15, 0.2) is 9.84 Å². The molecule has 0 bridgehead atoms. The van der Waals surface area contributed by atoms with Gasteiger partial charge in [-0.05, 0) is 18.6 Å². The lowest BCUT2D eigenvalue weighted by molar-refractivity contribution is 0.318. The van der Waals surface area contributed by atoms with Crippen molar-refractivity contribution in [2.24, 2.45) is 5.16 Å². The van der Waals surface area contributed by atoms with Crippen LogP contribution in [0.25, 0.3) is 0 Å². The van der Waals surface area contributed by atoms with Crippen LogP contribution in [-0.4, -0.2) is 30.8 Å². The number of hydrogen-bond donors (Lipinski definition) is 1. The molecular formula is C11H14BrNO3S. The molecule has 1 rings (SSSR count). The van der Waals surface area contributed by atoms with E-state index in [2.05, 4.69) is 21.1 Å². The van der Waals surface area contributed by atoms with Gasteiger partial charge in [0, 0.05) is 16.3 Å². The lowest BCUT2D eigenvalue weighted by atomic mass is 10.1. The maximum atomic E-state index is 11.6. The minimum absolute atomic E-state index is 0.183. The fourth-order valence-corrected chi connectivity index (χ4v) is 3.09. The van der Waals surface area contributed by atoms with Crippen molar-refractivity contribution in [1.29, 1.82) is 0 Å². The molecule has 6 heteroatoms. The second-order valence-corrected chi connectivity index (χ2v) is 6.86. The van der Waals surface area contributed by atoms with Gasteiger partial charge in [-0.1, -0.05) is 40.1 Å². The third kappa shape index (κ3) is 3.54. The van der Waals surface area contributed by atoms with E-state index in [9.17, 15) is 8.42 Å². The fraction of sp³-hybridized carbons (Fsp3) is 0.364. The van der Waals surface area contributed by atoms with Crippen LogP contribution in [-0.2, 0) is 9.84 Å². The molecule has 17 heavy (non-hydrogen) atoms. The topological polar surface area (TPSA) is 66.7 Å². The highest BCUT2D eigenvalue weighted by Crippen LogP contribution is 2.17. The van der Waals surface area contributed by atoms with Crippen LogP contribution < -0.4 is 0 Å². The van der Waals surface area contributed by atoms with Crippen LogP contribution in [0, 0.1) is 0 Å². The van der Waals surface area contributed by atoms with Crippen LogP contribution >= 0.6 is 15.9 Å². The molecule has 0 radical (unpaired) electrons. The summed E-state index contributed by atoms with van der Waals surface area (Å²) in [5.74, 6) is 0. The lowest BCUT2D eigenvalue weighted by Crippen LogP contribution is -2.29. The van der Waals surface area contributed by atoms with E-state index in [-0.39, 0.29) is 5.71 Å². The summed E-state index contributed by atoms with van der Waals surface area (Å²) in [6.07, 6.45) is 1.51. The summed E-state index contributed by atoms with van der Waals surface area (Å²) in [6.45, 7) is 1.75. The molecule has 1 aromatic carbocycles. The smallest absolute Gasteiger partial charge is 0.156 e. The van der Waals surface area contributed by atoms with E-state index >= 15 is 0 Å². The molecule has 1 unspecified atom stereocenters. The SMILES string of the molecule is CCC(/C(=N/O)c1ccc(Br)cc1)S(C)(=O)=O. The molecule has 0 aromatic heterocycles. The van der Waals surface area contributed by atoms with E-state index in [1.807, 2.05) is 0 Å². The quantitative estimate of drug-likeness (QED) is 0.526. The minimum atomic E-state index is -3.29. The molecule has 0 saturated carbocycles. The lowest BCUT2D eigenvalue weighted by Gasteiger charge is -2.14. The average Bonchev–Trinajstić information content (AvgIpc) is 2.25. The number of oxime groups is 1. The Hall–Kier alpha value is -0.880. The van der Waals surface area contributed by atoms with E-state index in [4.69, 9.17) is 5.21 Å². The van der Waals surface area contributed by atoms with Gasteiger partial charge in [0.25, 0.3) is 0 Å². The van der Waals surface area contributed by atoms with Crippen molar-refractivity contribution in [2.75, 3.05) is 6.26 Å². The zero-order valence-corrected chi connectivity index (χ0v) is 12.0. The van der Waals surface area contributed by atoms with Crippen LogP contribution in [0.3, 0.4) is 0 Å². The van der Waals surface area contributed by atoms with Crippen molar-refractivity contribution in [1.82, 2.24) is 0 Å². The third-order valence-corrected chi connectivity index (χ3v) is 4.56. The Balaban J connectivity index is 3.20. The number of benzene rings is 1. The van der Waals surface area contributed by atoms with Gasteiger partial charge >= 0.3 is 0 Å². The molecule has 94 valence electrons. The Morgan fingerprint density at radius 3 is 2.29 bits per heavy atom. The number of halogens is 1. The summed E-state index contributed by atoms with van der Waals surface area (Å²) >= 11 is 3.29. The van der Waals surface area contributed by atoms with Gasteiger partial charge in [-0.15, -0.1) is 0 Å². The Morgan fingerprint density at radius 2 is 1.94 bits per heavy atom. The molecule has 4 nitrogen and oxygen atoms in total. The van der Waals surface area contributed by atoms with Gasteiger partial charge in [0.1, 0.15) is 11.0 Å². The largest absolute Gasteiger partial charge is 0.411 e. The van der Waals surface area contributed by atoms with Crippen LogP contribution in [0.15, 0.2) is 33.9 Å². The Bertz CT molecular complexity index is 508. The standard InChI is InChI=1S/C11H14BrNO3S/c1-3-10(17(2,15)16)11(13-14)8-4-6-9(12)7-5-8/h4-7,10,14H,3H2,1-2H3/b13-11+. The molecule has 0 saturated heterocycles. The second-order valence-electron chi connectivity index (χ2n) is 3.72. The van der Waals surface area contributed by atoms with Gasteiger partial charge in [0.05, 0.1) is 0 Å². The van der Waals surface area contributed by atoms with Gasteiger partial charge in [-0.25, -0.2) is 8.42 Å². The van der Waals surface area contributed by atoms with Crippen molar-refractivity contribution in [2.45, 2.75) is 18.6 Å². The summed E-state index contributed by atoms with van der Waals surface area (Å²) in [6, 6.07) is 6.98. The number of sulfone groups is 1. The maximum Gasteiger partial charge on any atom is 0.156 e. The van der Waals surface area contributed by atoms with Gasteiger partial charge in [-0.2, -0.15) is 0 Å². The molecule has 0 fully saturated rings. The van der Waals surface area contributed by atoms with E-state index in [1.54, 1.807) is 31.2 Å². The average molecular weight is 320 g/mol. The first kappa shape index (κ1) is 14.2. The van der Waals surface area contributed by atoms with E-state index < -0.39 is 15.1 Å². The van der Waals surface area contributed by atoms with Crippen LogP contribution in [0.1, 0.15) is 18.9 Å². The summed E-state index contributed by atoms with van der Waals surface area (Å²) in [7, 11) is -3.29. The van der Waals surface area contributed by atoms with Gasteiger partial charge in [-0.3, -0.25) is 0 Å². The normalized spacial score (nSPS) is 14.6. The van der Waals surface area contributed by atoms with Crippen molar-refractivity contribution in [3.8, 4) is 0 Å². The Kier molecular flexibility index (Phi) is 4.70. The predicted octanol–water partition coefficient (Wildman–Crippen LogP) is 2.45. The Morgan fingerprint density at radius 1 is 1.41 bits per heavy atom. The molecule has 0 aliphatic rings. The first-order chi connectivity index (χ1) is 7.90. The fourth-order valence-electron chi connectivity index (χ4n) is 1.63. The summed E-state index contributed by atoms with van der Waals surface area (Å²) < 4.78 is 24.1. The van der Waals surface area contributed by atoms with E-state index in [0.29, 0.717) is 12.0 Å². The minimum Gasteiger partial charge on any atom is -0.411 e. The third-order valence-electron chi connectivity index (χ3n) is 2.44. The molecular weight excluding hydrogens is 306 g/mol. The van der Waals surface area contributed by atoms with Crippen LogP contribution in [0.5, 0.6) is 0 Å². The highest BCUT2D eigenvalue weighted by molar-refractivity contribution is 9.10. The number of hydrogen-bond acceptors (Lipinski definition) is 4. The second kappa shape index (κ2) is 5.64. The molecule has 0 amide bonds. The predicted molar refractivity (Wildman–Crippen MR) is 71.4 cm³/mol. The van der Waals surface area contributed by atoms with Crippen molar-refractivity contribution in [3.05, 3.63) is 34.3 Å². The van der Waals surface area contributed by atoms with E-state index in [1.165, 1.54) is 0 Å². The van der Waals surface area contributed by atoms with Gasteiger partial charge < -0.3 is 5.21 Å². The van der Waals surface area contributed by atoms with Crippen molar-refractivity contribution >= 4 is 31.5 Å². The highest BCUT2D eigenvalue weighted by atomic mass is 79.9. The Labute approximate surface area is 109 Å². The molecule has 1 aromatic rings.